The van der Waals surface area contributed by atoms with Gasteiger partial charge in [0, 0.05) is 0 Å². The predicted octanol–water partition coefficient (Wildman–Crippen LogP) is 5.66. The molecule has 0 bridgehead atoms. The quantitative estimate of drug-likeness (QED) is 0.354. The van der Waals surface area contributed by atoms with E-state index in [-0.39, 0.29) is 22.6 Å². The fraction of sp³-hybridized carbons (Fsp3) is 0.217. The Bertz CT molecular complexity index is 1440. The fourth-order valence-electron chi connectivity index (χ4n) is 3.06. The third-order valence-corrected chi connectivity index (χ3v) is 5.42. The average Bonchev–Trinajstić information content (AvgIpc) is 3.23. The first-order valence-electron chi connectivity index (χ1n) is 10.3. The van der Waals surface area contributed by atoms with Crippen LogP contribution in [0, 0.1) is 11.6 Å². The summed E-state index contributed by atoms with van der Waals surface area (Å²) in [5, 5.41) is 2.42. The Balaban J connectivity index is 1.76. The van der Waals surface area contributed by atoms with Gasteiger partial charge in [0.25, 0.3) is 5.91 Å². The van der Waals surface area contributed by atoms with Crippen molar-refractivity contribution in [2.24, 2.45) is 0 Å². The normalized spacial score (nSPS) is 12.6. The Hall–Kier alpha value is -3.94. The number of benzene rings is 2. The summed E-state index contributed by atoms with van der Waals surface area (Å²) in [6.07, 6.45) is -3.58. The Labute approximate surface area is 208 Å². The Morgan fingerprint density at radius 1 is 1.14 bits per heavy atom. The molecule has 0 aliphatic carbocycles. The summed E-state index contributed by atoms with van der Waals surface area (Å²) in [6, 6.07) is 3.63. The van der Waals surface area contributed by atoms with Crippen LogP contribution in [-0.2, 0) is 16.2 Å². The minimum absolute atomic E-state index is 0.0290. The highest BCUT2D eigenvalue weighted by atomic mass is 32.2. The number of hydrogen-bond donors (Lipinski definition) is 2. The number of nitrogens with zero attached hydrogens (tertiary/aromatic N) is 1. The van der Waals surface area contributed by atoms with Crippen molar-refractivity contribution in [1.82, 2.24) is 10.3 Å². The van der Waals surface area contributed by atoms with E-state index in [0.717, 1.165) is 36.8 Å². The number of anilines is 1. The molecule has 1 aromatic heterocycles. The molecule has 1 amide bonds. The van der Waals surface area contributed by atoms with E-state index in [9.17, 15) is 35.2 Å². The number of nitrogens with one attached hydrogen (secondary N) is 2. The molecule has 3 rings (SSSR count). The van der Waals surface area contributed by atoms with Gasteiger partial charge in [-0.1, -0.05) is 12.2 Å². The maximum Gasteiger partial charge on any atom is 0.416 e. The number of oxazole rings is 1. The summed E-state index contributed by atoms with van der Waals surface area (Å²) in [5.41, 5.74) is -1.69. The van der Waals surface area contributed by atoms with Crippen LogP contribution in [0.4, 0.5) is 27.6 Å². The zero-order chi connectivity index (χ0) is 27.7. The molecule has 198 valence electrons. The van der Waals surface area contributed by atoms with Gasteiger partial charge in [-0.3, -0.25) is 9.52 Å². The molecule has 3 aromatic rings. The summed E-state index contributed by atoms with van der Waals surface area (Å²) in [5.74, 6) is -3.51. The lowest BCUT2D eigenvalue weighted by Crippen LogP contribution is -2.27. The summed E-state index contributed by atoms with van der Waals surface area (Å²) in [6.45, 7) is 6.53. The first-order chi connectivity index (χ1) is 17.0. The lowest BCUT2D eigenvalue weighted by molar-refractivity contribution is -0.137. The van der Waals surface area contributed by atoms with Crippen LogP contribution in [0.25, 0.3) is 5.57 Å². The van der Waals surface area contributed by atoms with Crippen LogP contribution in [0.5, 0.6) is 11.8 Å². The maximum absolute atomic E-state index is 14.3. The van der Waals surface area contributed by atoms with Crippen molar-refractivity contribution in [2.75, 3.05) is 11.0 Å². The number of amides is 1. The van der Waals surface area contributed by atoms with Crippen molar-refractivity contribution in [3.8, 4) is 11.8 Å². The number of carbonyl (C=O) groups excluding carboxylic acids is 1. The fourth-order valence-corrected chi connectivity index (χ4v) is 3.62. The first kappa shape index (κ1) is 27.6. The van der Waals surface area contributed by atoms with Crippen molar-refractivity contribution in [3.05, 3.63) is 77.2 Å². The van der Waals surface area contributed by atoms with Crippen molar-refractivity contribution < 1.29 is 44.3 Å². The number of aromatic nitrogens is 1. The summed E-state index contributed by atoms with van der Waals surface area (Å²) < 4.78 is 103. The third kappa shape index (κ3) is 7.06. The standard InChI is InChI=1S/C23H20F5N3O5S/c1-11(2)13-5-15(23(26,27)28)9-16(6-13)36-22-30-19(10-35-22)21(32)29-12(3)14-7-17(24)20(18(25)8-14)31-37(4,33)34/h5-10,12,31H,1H2,2-4H3,(H,29,32). The molecule has 14 heteroatoms. The van der Waals surface area contributed by atoms with Gasteiger partial charge in [0.05, 0.1) is 17.9 Å². The third-order valence-electron chi connectivity index (χ3n) is 4.85. The number of hydrogen-bond acceptors (Lipinski definition) is 6. The second kappa shape index (κ2) is 10.2. The second-order valence-corrected chi connectivity index (χ2v) is 9.80. The van der Waals surface area contributed by atoms with Gasteiger partial charge < -0.3 is 14.5 Å². The molecule has 1 atom stereocenters. The van der Waals surface area contributed by atoms with E-state index >= 15 is 0 Å². The lowest BCUT2D eigenvalue weighted by Gasteiger charge is -2.15. The van der Waals surface area contributed by atoms with E-state index in [2.05, 4.69) is 16.9 Å². The largest absolute Gasteiger partial charge is 0.416 e. The monoisotopic (exact) mass is 545 g/mol. The second-order valence-electron chi connectivity index (χ2n) is 8.05. The topological polar surface area (TPSA) is 111 Å². The summed E-state index contributed by atoms with van der Waals surface area (Å²) in [7, 11) is -3.94. The van der Waals surface area contributed by atoms with Crippen LogP contribution in [0.1, 0.15) is 47.1 Å². The molecular formula is C23H20F5N3O5S. The molecule has 1 unspecified atom stereocenters. The molecule has 0 fully saturated rings. The van der Waals surface area contributed by atoms with Gasteiger partial charge in [0.1, 0.15) is 17.7 Å². The molecule has 0 saturated heterocycles. The molecule has 2 N–H and O–H groups in total. The van der Waals surface area contributed by atoms with Gasteiger partial charge in [0.2, 0.25) is 10.0 Å². The number of ether oxygens (including phenoxy) is 1. The SMILES string of the molecule is C=C(C)c1cc(Oc2nc(C(=O)NC(C)c3cc(F)c(NS(C)(=O)=O)c(F)c3)co2)cc(C(F)(F)F)c1. The van der Waals surface area contributed by atoms with Gasteiger partial charge in [-0.2, -0.15) is 18.2 Å². The van der Waals surface area contributed by atoms with Crippen LogP contribution in [0.15, 0.2) is 47.6 Å². The minimum atomic E-state index is -4.65. The molecule has 0 saturated carbocycles. The number of allylic oxidation sites excluding steroid dienone is 1. The van der Waals surface area contributed by atoms with Crippen LogP contribution in [0.2, 0.25) is 0 Å². The summed E-state index contributed by atoms with van der Waals surface area (Å²) in [4.78, 5) is 16.3. The molecule has 2 aromatic carbocycles. The molecule has 0 aliphatic heterocycles. The number of carbonyl (C=O) groups is 1. The zero-order valence-corrected chi connectivity index (χ0v) is 20.4. The Morgan fingerprint density at radius 2 is 1.76 bits per heavy atom. The number of halogens is 5. The Morgan fingerprint density at radius 3 is 2.30 bits per heavy atom. The van der Waals surface area contributed by atoms with Crippen molar-refractivity contribution >= 4 is 27.2 Å². The molecule has 1 heterocycles. The highest BCUT2D eigenvalue weighted by molar-refractivity contribution is 7.92. The highest BCUT2D eigenvalue weighted by Crippen LogP contribution is 2.35. The van der Waals surface area contributed by atoms with E-state index in [0.29, 0.717) is 5.57 Å². The van der Waals surface area contributed by atoms with Crippen LogP contribution < -0.4 is 14.8 Å². The molecule has 0 spiro atoms. The average molecular weight is 545 g/mol. The van der Waals surface area contributed by atoms with E-state index in [1.807, 2.05) is 0 Å². The zero-order valence-electron chi connectivity index (χ0n) is 19.5. The summed E-state index contributed by atoms with van der Waals surface area (Å²) >= 11 is 0. The van der Waals surface area contributed by atoms with Crippen LogP contribution in [-0.4, -0.2) is 25.6 Å². The molecule has 0 aliphatic rings. The molecule has 37 heavy (non-hydrogen) atoms. The van der Waals surface area contributed by atoms with Gasteiger partial charge in [-0.05, 0) is 55.3 Å². The molecule has 0 radical (unpaired) electrons. The van der Waals surface area contributed by atoms with Crippen LogP contribution in [0.3, 0.4) is 0 Å². The highest BCUT2D eigenvalue weighted by Gasteiger charge is 2.32. The number of rotatable bonds is 8. The van der Waals surface area contributed by atoms with Gasteiger partial charge in [-0.15, -0.1) is 0 Å². The van der Waals surface area contributed by atoms with E-state index < -0.39 is 57.1 Å². The van der Waals surface area contributed by atoms with Crippen LogP contribution >= 0.6 is 0 Å². The molecular weight excluding hydrogens is 525 g/mol. The van der Waals surface area contributed by atoms with Crippen molar-refractivity contribution in [3.63, 3.8) is 0 Å². The predicted molar refractivity (Wildman–Crippen MR) is 123 cm³/mol. The van der Waals surface area contributed by atoms with Crippen molar-refractivity contribution in [2.45, 2.75) is 26.1 Å². The Kier molecular flexibility index (Phi) is 7.62. The van der Waals surface area contributed by atoms with Gasteiger partial charge in [0.15, 0.2) is 17.3 Å². The van der Waals surface area contributed by atoms with Gasteiger partial charge in [-0.25, -0.2) is 17.2 Å². The molecule has 8 nitrogen and oxygen atoms in total. The lowest BCUT2D eigenvalue weighted by atomic mass is 10.0. The van der Waals surface area contributed by atoms with Crippen molar-refractivity contribution in [1.29, 1.82) is 0 Å². The smallest absolute Gasteiger partial charge is 0.416 e. The van der Waals surface area contributed by atoms with E-state index in [1.54, 1.807) is 4.72 Å². The number of alkyl halides is 3. The number of sulfonamides is 1. The maximum atomic E-state index is 14.3. The minimum Gasteiger partial charge on any atom is -0.416 e. The van der Waals surface area contributed by atoms with E-state index in [1.165, 1.54) is 19.9 Å². The van der Waals surface area contributed by atoms with Gasteiger partial charge >= 0.3 is 12.3 Å². The first-order valence-corrected chi connectivity index (χ1v) is 12.2. The van der Waals surface area contributed by atoms with E-state index in [4.69, 9.17) is 9.15 Å².